The molecule has 0 aromatic rings. The van der Waals surface area contributed by atoms with Crippen LogP contribution in [0.5, 0.6) is 0 Å². The molecule has 7 atom stereocenters. The van der Waals surface area contributed by atoms with Crippen LogP contribution in [0.2, 0.25) is 0 Å². The van der Waals surface area contributed by atoms with Crippen LogP contribution in [0.25, 0.3) is 0 Å². The molecule has 0 radical (unpaired) electrons. The minimum Gasteiger partial charge on any atom is -0.455 e. The summed E-state index contributed by atoms with van der Waals surface area (Å²) in [6.45, 7) is 19.9. The summed E-state index contributed by atoms with van der Waals surface area (Å²) in [5, 5.41) is 0. The van der Waals surface area contributed by atoms with E-state index >= 15 is 0 Å². The number of likely N-dealkylation sites (tertiary alicyclic amines) is 1. The lowest BCUT2D eigenvalue weighted by Gasteiger charge is -2.55. The van der Waals surface area contributed by atoms with E-state index in [9.17, 15) is 19.2 Å². The number of hydrogen-bond acceptors (Lipinski definition) is 9. The first-order valence-corrected chi connectivity index (χ1v) is 15.3. The van der Waals surface area contributed by atoms with Crippen molar-refractivity contribution in [3.63, 3.8) is 0 Å². The van der Waals surface area contributed by atoms with Crippen LogP contribution in [0, 0.1) is 28.1 Å². The molecule has 0 N–H and O–H groups in total. The van der Waals surface area contributed by atoms with Crippen molar-refractivity contribution in [3.05, 3.63) is 0 Å². The summed E-state index contributed by atoms with van der Waals surface area (Å²) < 4.78 is 24.7. The molecular weight excluding hydrogens is 526 g/mol. The summed E-state index contributed by atoms with van der Waals surface area (Å²) >= 11 is 0. The normalized spacial score (nSPS) is 31.8. The molecule has 0 aromatic carbocycles. The second kappa shape index (κ2) is 12.3. The van der Waals surface area contributed by atoms with Crippen LogP contribution in [-0.2, 0) is 38.1 Å². The van der Waals surface area contributed by atoms with Crippen molar-refractivity contribution < 1.29 is 38.1 Å². The first kappa shape index (κ1) is 33.5. The zero-order valence-corrected chi connectivity index (χ0v) is 27.1. The summed E-state index contributed by atoms with van der Waals surface area (Å²) in [7, 11) is 0. The van der Waals surface area contributed by atoms with Crippen molar-refractivity contribution >= 4 is 23.7 Å². The Morgan fingerprint density at radius 1 is 0.780 bits per heavy atom. The van der Waals surface area contributed by atoms with Crippen molar-refractivity contribution in [2.75, 3.05) is 6.61 Å². The molecule has 3 aliphatic rings. The Morgan fingerprint density at radius 3 is 1.78 bits per heavy atom. The quantitative estimate of drug-likeness (QED) is 0.326. The van der Waals surface area contributed by atoms with E-state index in [-0.39, 0.29) is 36.3 Å². The van der Waals surface area contributed by atoms with Gasteiger partial charge in [-0.05, 0) is 81.1 Å². The van der Waals surface area contributed by atoms with Gasteiger partial charge in [-0.25, -0.2) is 0 Å². The molecule has 9 heteroatoms. The number of esters is 3. The minimum absolute atomic E-state index is 0.0369. The summed E-state index contributed by atoms with van der Waals surface area (Å²) in [6.07, 6.45) is 0.0889. The molecule has 0 aromatic heterocycles. The second-order valence-corrected chi connectivity index (χ2v) is 15.5. The lowest BCUT2D eigenvalue weighted by Crippen LogP contribution is -2.69. The SMILES string of the molecule is CC(C)[C@H]1CC(=O)[C@H]2CCCC[C@@H]2N1[C@H]1OC[C@@H](OC(=O)C(C)(C)C)[C@@H](OC(=O)C(C)(C)C)[C@@H]1OC(=O)C(C)(C)C. The van der Waals surface area contributed by atoms with Gasteiger partial charge in [0.2, 0.25) is 0 Å². The number of carbonyl (C=O) groups excluding carboxylic acids is 4. The number of ketones is 1. The van der Waals surface area contributed by atoms with Gasteiger partial charge in [-0.1, -0.05) is 26.7 Å². The predicted molar refractivity (Wildman–Crippen MR) is 154 cm³/mol. The van der Waals surface area contributed by atoms with E-state index in [4.69, 9.17) is 18.9 Å². The fourth-order valence-corrected chi connectivity index (χ4v) is 5.81. The maximum absolute atomic E-state index is 13.4. The number of piperidine rings is 1. The number of nitrogens with zero attached hydrogens (tertiary/aromatic N) is 1. The van der Waals surface area contributed by atoms with E-state index in [2.05, 4.69) is 18.7 Å². The Hall–Kier alpha value is -2.00. The van der Waals surface area contributed by atoms with Gasteiger partial charge in [0.1, 0.15) is 5.78 Å². The Balaban J connectivity index is 2.12. The summed E-state index contributed by atoms with van der Waals surface area (Å²) in [5.41, 5.74) is -2.50. The maximum atomic E-state index is 13.4. The number of ether oxygens (including phenoxy) is 4. The van der Waals surface area contributed by atoms with E-state index in [1.165, 1.54) is 0 Å². The molecule has 2 heterocycles. The molecule has 1 saturated carbocycles. The Kier molecular flexibility index (Phi) is 10.1. The van der Waals surface area contributed by atoms with Gasteiger partial charge in [-0.2, -0.15) is 0 Å². The number of fused-ring (bicyclic) bond motifs is 1. The van der Waals surface area contributed by atoms with Crippen molar-refractivity contribution in [1.29, 1.82) is 0 Å². The molecule has 2 saturated heterocycles. The van der Waals surface area contributed by atoms with Crippen molar-refractivity contribution in [2.24, 2.45) is 28.1 Å². The van der Waals surface area contributed by atoms with Gasteiger partial charge >= 0.3 is 17.9 Å². The molecular formula is C32H53NO8. The zero-order valence-electron chi connectivity index (χ0n) is 27.1. The van der Waals surface area contributed by atoms with E-state index in [0.29, 0.717) is 6.42 Å². The first-order valence-electron chi connectivity index (χ1n) is 15.3. The summed E-state index contributed by atoms with van der Waals surface area (Å²) in [6, 6.07) is -0.221. The molecule has 0 amide bonds. The molecule has 41 heavy (non-hydrogen) atoms. The zero-order chi connectivity index (χ0) is 31.1. The number of hydrogen-bond donors (Lipinski definition) is 0. The molecule has 3 fully saturated rings. The van der Waals surface area contributed by atoms with Crippen LogP contribution in [0.1, 0.15) is 108 Å². The van der Waals surface area contributed by atoms with Crippen molar-refractivity contribution in [3.8, 4) is 0 Å². The Morgan fingerprint density at radius 2 is 1.27 bits per heavy atom. The summed E-state index contributed by atoms with van der Waals surface area (Å²) in [4.78, 5) is 55.3. The van der Waals surface area contributed by atoms with Gasteiger partial charge in [-0.3, -0.25) is 24.1 Å². The molecule has 2 aliphatic heterocycles. The predicted octanol–water partition coefficient (Wildman–Crippen LogP) is 5.07. The molecule has 3 rings (SSSR count). The van der Waals surface area contributed by atoms with Crippen LogP contribution in [0.3, 0.4) is 0 Å². The van der Waals surface area contributed by atoms with Gasteiger partial charge in [-0.15, -0.1) is 0 Å². The highest BCUT2D eigenvalue weighted by atomic mass is 16.6. The van der Waals surface area contributed by atoms with Crippen molar-refractivity contribution in [1.82, 2.24) is 4.90 Å². The van der Waals surface area contributed by atoms with E-state index in [0.717, 1.165) is 25.7 Å². The third-order valence-electron chi connectivity index (χ3n) is 8.37. The standard InChI is InChI=1S/C32H53NO8/c1-18(2)21-16-22(34)19-14-12-13-15-20(19)33(21)26-25(41-29(37)32(9,10)11)24(40-28(36)31(6,7)8)23(17-38-26)39-27(35)30(3,4)5/h18-21,23-26H,12-17H2,1-11H3/t19-,20-,21+,23+,24+,25-,26-/m0/s1. The lowest BCUT2D eigenvalue weighted by molar-refractivity contribution is -0.271. The van der Waals surface area contributed by atoms with Gasteiger partial charge in [0.15, 0.2) is 24.5 Å². The largest absolute Gasteiger partial charge is 0.455 e. The highest BCUT2D eigenvalue weighted by Gasteiger charge is 2.56. The van der Waals surface area contributed by atoms with Crippen LogP contribution >= 0.6 is 0 Å². The van der Waals surface area contributed by atoms with Gasteiger partial charge in [0.05, 0.1) is 22.9 Å². The number of carbonyl (C=O) groups is 4. The Bertz CT molecular complexity index is 985. The molecule has 9 nitrogen and oxygen atoms in total. The molecule has 0 unspecified atom stereocenters. The van der Waals surface area contributed by atoms with Crippen LogP contribution in [0.4, 0.5) is 0 Å². The fraction of sp³-hybridized carbons (Fsp3) is 0.875. The second-order valence-electron chi connectivity index (χ2n) is 15.5. The number of rotatable bonds is 5. The van der Waals surface area contributed by atoms with E-state index < -0.39 is 58.7 Å². The minimum atomic E-state index is -1.09. The molecule has 1 aliphatic carbocycles. The molecule has 0 spiro atoms. The van der Waals surface area contributed by atoms with Crippen LogP contribution in [-0.4, -0.2) is 71.8 Å². The maximum Gasteiger partial charge on any atom is 0.311 e. The fourth-order valence-electron chi connectivity index (χ4n) is 5.81. The molecule has 234 valence electrons. The third-order valence-corrected chi connectivity index (χ3v) is 8.37. The average molecular weight is 580 g/mol. The monoisotopic (exact) mass is 579 g/mol. The van der Waals surface area contributed by atoms with Gasteiger partial charge in [0.25, 0.3) is 0 Å². The average Bonchev–Trinajstić information content (AvgIpc) is 2.84. The molecule has 0 bridgehead atoms. The first-order chi connectivity index (χ1) is 18.7. The topological polar surface area (TPSA) is 108 Å². The van der Waals surface area contributed by atoms with Crippen LogP contribution in [0.15, 0.2) is 0 Å². The van der Waals surface area contributed by atoms with Crippen molar-refractivity contribution in [2.45, 2.75) is 145 Å². The van der Waals surface area contributed by atoms with E-state index in [1.807, 2.05) is 0 Å². The number of Topliss-reactive ketones (excluding diaryl/α,β-unsaturated/α-hetero) is 1. The lowest BCUT2D eigenvalue weighted by atomic mass is 9.73. The van der Waals surface area contributed by atoms with Gasteiger partial charge in [0, 0.05) is 24.4 Å². The Labute approximate surface area is 246 Å². The summed E-state index contributed by atoms with van der Waals surface area (Å²) in [5.74, 6) is -1.18. The van der Waals surface area contributed by atoms with Gasteiger partial charge < -0.3 is 18.9 Å². The van der Waals surface area contributed by atoms with Crippen LogP contribution < -0.4 is 0 Å². The highest BCUT2D eigenvalue weighted by Crippen LogP contribution is 2.42. The highest BCUT2D eigenvalue weighted by molar-refractivity contribution is 5.83. The van der Waals surface area contributed by atoms with E-state index in [1.54, 1.807) is 62.3 Å². The third kappa shape index (κ3) is 7.70. The smallest absolute Gasteiger partial charge is 0.311 e.